The zero-order chi connectivity index (χ0) is 14.3. The number of nitrogens with one attached hydrogen (secondary N) is 1. The largest absolute Gasteiger partial charge is 0.444 e. The van der Waals surface area contributed by atoms with Crippen molar-refractivity contribution in [3.05, 3.63) is 0 Å². The highest BCUT2D eigenvalue weighted by Gasteiger charge is 2.46. The third kappa shape index (κ3) is 3.60. The minimum atomic E-state index is -0.460. The zero-order valence-corrected chi connectivity index (χ0v) is 12.7. The number of hydrogen-bond acceptors (Lipinski definition) is 4. The maximum absolute atomic E-state index is 12.3. The lowest BCUT2D eigenvalue weighted by Gasteiger charge is -2.31. The first-order valence-corrected chi connectivity index (χ1v) is 7.03. The number of rotatable bonds is 1. The fraction of sp³-hybridized carbons (Fsp3) is 0.929. The van der Waals surface area contributed by atoms with Crippen LogP contribution in [0.2, 0.25) is 0 Å². The summed E-state index contributed by atoms with van der Waals surface area (Å²) in [6.07, 6.45) is 0.638. The van der Waals surface area contributed by atoms with Gasteiger partial charge in [-0.15, -0.1) is 0 Å². The molecule has 1 unspecified atom stereocenters. The molecule has 110 valence electrons. The van der Waals surface area contributed by atoms with E-state index in [0.29, 0.717) is 13.2 Å². The Morgan fingerprint density at radius 2 is 2.11 bits per heavy atom. The number of amides is 1. The number of likely N-dealkylation sites (tertiary alicyclic amines) is 1. The highest BCUT2D eigenvalue weighted by molar-refractivity contribution is 5.69. The average Bonchev–Trinajstić information content (AvgIpc) is 2.81. The maximum atomic E-state index is 12.3. The standard InChI is InChI=1S/C14H26N2O3/c1-13(2,3)19-12(17)16-9-14(4,5)8-10(16)11-15-6-7-18-11/h10-11,15H,6-9H2,1-5H3/t10-,11?/m0/s1. The monoisotopic (exact) mass is 270 g/mol. The van der Waals surface area contributed by atoms with Crippen LogP contribution in [0.3, 0.4) is 0 Å². The number of ether oxygens (including phenoxy) is 2. The molecule has 2 heterocycles. The van der Waals surface area contributed by atoms with Crippen molar-refractivity contribution in [3.8, 4) is 0 Å². The van der Waals surface area contributed by atoms with Gasteiger partial charge >= 0.3 is 6.09 Å². The highest BCUT2D eigenvalue weighted by Crippen LogP contribution is 2.36. The van der Waals surface area contributed by atoms with Crippen molar-refractivity contribution in [2.24, 2.45) is 5.41 Å². The Balaban J connectivity index is 2.09. The summed E-state index contributed by atoms with van der Waals surface area (Å²) in [6, 6.07) is 0.0624. The number of hydrogen-bond donors (Lipinski definition) is 1. The van der Waals surface area contributed by atoms with E-state index in [9.17, 15) is 4.79 Å². The molecule has 0 radical (unpaired) electrons. The highest BCUT2D eigenvalue weighted by atomic mass is 16.6. The fourth-order valence-electron chi connectivity index (χ4n) is 2.80. The lowest BCUT2D eigenvalue weighted by molar-refractivity contribution is -0.00511. The van der Waals surface area contributed by atoms with Crippen LogP contribution in [-0.4, -0.2) is 48.6 Å². The van der Waals surface area contributed by atoms with Gasteiger partial charge in [-0.3, -0.25) is 5.32 Å². The van der Waals surface area contributed by atoms with E-state index < -0.39 is 5.60 Å². The van der Waals surface area contributed by atoms with Crippen molar-refractivity contribution in [2.45, 2.75) is 58.9 Å². The molecule has 1 N–H and O–H groups in total. The second kappa shape index (κ2) is 4.94. The maximum Gasteiger partial charge on any atom is 0.410 e. The van der Waals surface area contributed by atoms with Gasteiger partial charge in [-0.05, 0) is 32.6 Å². The zero-order valence-electron chi connectivity index (χ0n) is 12.7. The van der Waals surface area contributed by atoms with Crippen LogP contribution in [0.1, 0.15) is 41.0 Å². The van der Waals surface area contributed by atoms with E-state index in [4.69, 9.17) is 9.47 Å². The second-order valence-corrected chi connectivity index (χ2v) is 7.29. The van der Waals surface area contributed by atoms with Crippen molar-refractivity contribution < 1.29 is 14.3 Å². The van der Waals surface area contributed by atoms with Crippen LogP contribution in [-0.2, 0) is 9.47 Å². The van der Waals surface area contributed by atoms with Gasteiger partial charge in [0.15, 0.2) is 0 Å². The Kier molecular flexibility index (Phi) is 3.80. The normalized spacial score (nSPS) is 30.7. The first kappa shape index (κ1) is 14.6. The Hall–Kier alpha value is -0.810. The quantitative estimate of drug-likeness (QED) is 0.791. The molecule has 19 heavy (non-hydrogen) atoms. The van der Waals surface area contributed by atoms with Crippen LogP contribution in [0, 0.1) is 5.41 Å². The first-order valence-electron chi connectivity index (χ1n) is 7.03. The minimum Gasteiger partial charge on any atom is -0.444 e. The van der Waals surface area contributed by atoms with E-state index in [2.05, 4.69) is 19.2 Å². The van der Waals surface area contributed by atoms with E-state index in [1.165, 1.54) is 0 Å². The molecule has 0 spiro atoms. The molecule has 0 aromatic carbocycles. The Morgan fingerprint density at radius 1 is 1.42 bits per heavy atom. The van der Waals surface area contributed by atoms with Gasteiger partial charge < -0.3 is 14.4 Å². The van der Waals surface area contributed by atoms with Gasteiger partial charge in [0.2, 0.25) is 0 Å². The molecule has 0 aromatic rings. The van der Waals surface area contributed by atoms with Crippen molar-refractivity contribution in [3.63, 3.8) is 0 Å². The minimum absolute atomic E-state index is 0.0608. The molecule has 2 atom stereocenters. The van der Waals surface area contributed by atoms with Crippen molar-refractivity contribution in [2.75, 3.05) is 19.7 Å². The fourth-order valence-corrected chi connectivity index (χ4v) is 2.80. The lowest BCUT2D eigenvalue weighted by Crippen LogP contribution is -2.48. The summed E-state index contributed by atoms with van der Waals surface area (Å²) in [5, 5.41) is 3.31. The van der Waals surface area contributed by atoms with Gasteiger partial charge in [0.25, 0.3) is 0 Å². The lowest BCUT2D eigenvalue weighted by atomic mass is 9.90. The van der Waals surface area contributed by atoms with Crippen LogP contribution in [0.5, 0.6) is 0 Å². The SMILES string of the molecule is CC1(C)C[C@@H](C2NCCO2)N(C(=O)OC(C)(C)C)C1. The molecule has 2 fully saturated rings. The molecule has 2 saturated heterocycles. The van der Waals surface area contributed by atoms with Gasteiger partial charge in [-0.2, -0.15) is 0 Å². The summed E-state index contributed by atoms with van der Waals surface area (Å²) in [4.78, 5) is 14.2. The predicted octanol–water partition coefficient (Wildman–Crippen LogP) is 1.97. The van der Waals surface area contributed by atoms with Crippen molar-refractivity contribution in [1.29, 1.82) is 0 Å². The molecule has 0 aromatic heterocycles. The van der Waals surface area contributed by atoms with Gasteiger partial charge in [-0.25, -0.2) is 4.79 Å². The van der Waals surface area contributed by atoms with E-state index in [1.54, 1.807) is 0 Å². The Morgan fingerprint density at radius 3 is 2.63 bits per heavy atom. The molecular formula is C14H26N2O3. The van der Waals surface area contributed by atoms with Crippen molar-refractivity contribution in [1.82, 2.24) is 10.2 Å². The van der Waals surface area contributed by atoms with E-state index in [1.807, 2.05) is 25.7 Å². The smallest absolute Gasteiger partial charge is 0.410 e. The molecule has 0 bridgehead atoms. The summed E-state index contributed by atoms with van der Waals surface area (Å²) in [7, 11) is 0. The van der Waals surface area contributed by atoms with Crippen LogP contribution in [0.25, 0.3) is 0 Å². The topological polar surface area (TPSA) is 50.8 Å². The Bertz CT molecular complexity index is 343. The molecule has 5 nitrogen and oxygen atoms in total. The molecule has 2 aliphatic rings. The molecular weight excluding hydrogens is 244 g/mol. The van der Waals surface area contributed by atoms with Crippen molar-refractivity contribution >= 4 is 6.09 Å². The van der Waals surface area contributed by atoms with Gasteiger partial charge in [0.1, 0.15) is 11.8 Å². The number of carbonyl (C=O) groups is 1. The first-order chi connectivity index (χ1) is 8.68. The van der Waals surface area contributed by atoms with Crippen LogP contribution >= 0.6 is 0 Å². The van der Waals surface area contributed by atoms with E-state index in [0.717, 1.165) is 13.0 Å². The van der Waals surface area contributed by atoms with Crippen LogP contribution in [0.4, 0.5) is 4.79 Å². The summed E-state index contributed by atoms with van der Waals surface area (Å²) in [6.45, 7) is 12.3. The molecule has 0 aliphatic carbocycles. The molecule has 2 aliphatic heterocycles. The summed E-state index contributed by atoms with van der Waals surface area (Å²) in [5.74, 6) is 0. The van der Waals surface area contributed by atoms with Crippen LogP contribution in [0.15, 0.2) is 0 Å². The molecule has 5 heteroatoms. The average molecular weight is 270 g/mol. The second-order valence-electron chi connectivity index (χ2n) is 7.29. The summed E-state index contributed by atoms with van der Waals surface area (Å²) >= 11 is 0. The summed E-state index contributed by atoms with van der Waals surface area (Å²) in [5.41, 5.74) is -0.354. The van der Waals surface area contributed by atoms with E-state index >= 15 is 0 Å². The van der Waals surface area contributed by atoms with Gasteiger partial charge in [0, 0.05) is 13.1 Å². The summed E-state index contributed by atoms with van der Waals surface area (Å²) < 4.78 is 11.2. The number of carbonyl (C=O) groups excluding carboxylic acids is 1. The third-order valence-electron chi connectivity index (χ3n) is 3.48. The van der Waals surface area contributed by atoms with E-state index in [-0.39, 0.29) is 23.8 Å². The van der Waals surface area contributed by atoms with Gasteiger partial charge in [0.05, 0.1) is 12.6 Å². The molecule has 1 amide bonds. The Labute approximate surface area is 115 Å². The molecule has 0 saturated carbocycles. The predicted molar refractivity (Wildman–Crippen MR) is 72.9 cm³/mol. The van der Waals surface area contributed by atoms with Gasteiger partial charge in [-0.1, -0.05) is 13.8 Å². The molecule has 2 rings (SSSR count). The third-order valence-corrected chi connectivity index (χ3v) is 3.48. The van der Waals surface area contributed by atoms with Crippen LogP contribution < -0.4 is 5.32 Å². The number of nitrogens with zero attached hydrogens (tertiary/aromatic N) is 1.